The molecule has 0 saturated heterocycles. The van der Waals surface area contributed by atoms with Crippen LogP contribution in [0.1, 0.15) is 19.4 Å². The Balaban J connectivity index is 2.17. The molecule has 1 fully saturated rings. The summed E-state index contributed by atoms with van der Waals surface area (Å²) in [5.41, 5.74) is 0.0990. The van der Waals surface area contributed by atoms with Gasteiger partial charge in [-0.15, -0.1) is 0 Å². The molecule has 7 nitrogen and oxygen atoms in total. The first-order valence-corrected chi connectivity index (χ1v) is 6.45. The van der Waals surface area contributed by atoms with Gasteiger partial charge in [-0.25, -0.2) is 0 Å². The summed E-state index contributed by atoms with van der Waals surface area (Å²) < 4.78 is 0. The van der Waals surface area contributed by atoms with Crippen LogP contribution in [-0.2, 0) is 9.59 Å². The quantitative estimate of drug-likeness (QED) is 0.653. The molecule has 0 bridgehead atoms. The van der Waals surface area contributed by atoms with Crippen molar-refractivity contribution in [2.24, 2.45) is 17.3 Å². The van der Waals surface area contributed by atoms with Gasteiger partial charge in [-0.3, -0.25) is 19.7 Å². The van der Waals surface area contributed by atoms with E-state index in [2.05, 4.69) is 5.32 Å². The van der Waals surface area contributed by atoms with E-state index >= 15 is 0 Å². The Labute approximate surface area is 121 Å². The fraction of sp³-hybridized carbons (Fsp3) is 0.429. The first-order chi connectivity index (χ1) is 9.66. The maximum absolute atomic E-state index is 12.1. The molecular weight excluding hydrogens is 276 g/mol. The second-order valence-corrected chi connectivity index (χ2v) is 5.86. The van der Waals surface area contributed by atoms with Gasteiger partial charge in [0.1, 0.15) is 0 Å². The van der Waals surface area contributed by atoms with Crippen LogP contribution in [0.4, 0.5) is 11.4 Å². The zero-order valence-electron chi connectivity index (χ0n) is 11.9. The number of anilines is 1. The number of hydrogen-bond donors (Lipinski definition) is 2. The van der Waals surface area contributed by atoms with Crippen LogP contribution in [0.25, 0.3) is 0 Å². The van der Waals surface area contributed by atoms with Crippen LogP contribution in [0.15, 0.2) is 18.2 Å². The number of nitro groups is 1. The van der Waals surface area contributed by atoms with Gasteiger partial charge in [0, 0.05) is 17.3 Å². The number of carboxylic acid groups (broad SMARTS) is 1. The standard InChI is InChI=1S/C14H16N2O5/c1-7-4-5-8(6-9(7)16(20)21)15-12(17)10-11(13(18)19)14(10,2)3/h4-6,10-11H,1-3H3,(H,15,17)(H,18,19)/t10-,11+/m1/s1. The number of aliphatic carboxylic acids is 1. The van der Waals surface area contributed by atoms with E-state index in [0.717, 1.165) is 0 Å². The molecule has 1 aromatic carbocycles. The summed E-state index contributed by atoms with van der Waals surface area (Å²) in [4.78, 5) is 33.5. The number of carboxylic acids is 1. The van der Waals surface area contributed by atoms with E-state index in [4.69, 9.17) is 5.11 Å². The lowest BCUT2D eigenvalue weighted by Gasteiger charge is -2.07. The molecule has 0 unspecified atom stereocenters. The fourth-order valence-electron chi connectivity index (χ4n) is 2.69. The highest BCUT2D eigenvalue weighted by molar-refractivity contribution is 5.99. The number of amides is 1. The lowest BCUT2D eigenvalue weighted by Crippen LogP contribution is -2.17. The molecule has 1 aliphatic carbocycles. The minimum Gasteiger partial charge on any atom is -0.481 e. The van der Waals surface area contributed by atoms with Crippen molar-refractivity contribution in [2.75, 3.05) is 5.32 Å². The van der Waals surface area contributed by atoms with Gasteiger partial charge in [-0.05, 0) is 18.4 Å². The Bertz CT molecular complexity index is 638. The summed E-state index contributed by atoms with van der Waals surface area (Å²) in [5, 5.41) is 22.5. The van der Waals surface area contributed by atoms with Crippen LogP contribution < -0.4 is 5.32 Å². The van der Waals surface area contributed by atoms with Gasteiger partial charge in [0.25, 0.3) is 5.69 Å². The molecule has 2 rings (SSSR count). The van der Waals surface area contributed by atoms with Crippen molar-refractivity contribution in [3.05, 3.63) is 33.9 Å². The number of rotatable bonds is 4. The average Bonchev–Trinajstić information content (AvgIpc) is 2.94. The van der Waals surface area contributed by atoms with Crippen molar-refractivity contribution in [1.29, 1.82) is 0 Å². The summed E-state index contributed by atoms with van der Waals surface area (Å²) in [6.07, 6.45) is 0. The number of nitrogens with one attached hydrogen (secondary N) is 1. The Hall–Kier alpha value is -2.44. The molecule has 1 aromatic rings. The highest BCUT2D eigenvalue weighted by Gasteiger charge is 2.65. The van der Waals surface area contributed by atoms with Crippen LogP contribution in [0.3, 0.4) is 0 Å². The SMILES string of the molecule is Cc1ccc(NC(=O)[C@H]2[C@@H](C(=O)O)C2(C)C)cc1[N+](=O)[O-]. The van der Waals surface area contributed by atoms with Crippen LogP contribution in [-0.4, -0.2) is 21.9 Å². The lowest BCUT2D eigenvalue weighted by atomic mass is 10.1. The molecule has 21 heavy (non-hydrogen) atoms. The number of carbonyl (C=O) groups excluding carboxylic acids is 1. The molecular formula is C14H16N2O5. The predicted molar refractivity (Wildman–Crippen MR) is 74.9 cm³/mol. The predicted octanol–water partition coefficient (Wildman–Crippen LogP) is 2.20. The van der Waals surface area contributed by atoms with Gasteiger partial charge >= 0.3 is 5.97 Å². The van der Waals surface area contributed by atoms with E-state index in [0.29, 0.717) is 11.3 Å². The first kappa shape index (κ1) is 15.0. The monoisotopic (exact) mass is 292 g/mol. The third-order valence-corrected chi connectivity index (χ3v) is 4.05. The van der Waals surface area contributed by atoms with Crippen molar-refractivity contribution < 1.29 is 19.6 Å². The van der Waals surface area contributed by atoms with Crippen LogP contribution in [0.5, 0.6) is 0 Å². The van der Waals surface area contributed by atoms with E-state index in [1.54, 1.807) is 32.9 Å². The van der Waals surface area contributed by atoms with Gasteiger partial charge < -0.3 is 10.4 Å². The largest absolute Gasteiger partial charge is 0.481 e. The molecule has 1 saturated carbocycles. The van der Waals surface area contributed by atoms with Gasteiger partial charge in [-0.1, -0.05) is 19.9 Å². The minimum absolute atomic E-state index is 0.0855. The summed E-state index contributed by atoms with van der Waals surface area (Å²) >= 11 is 0. The van der Waals surface area contributed by atoms with Crippen molar-refractivity contribution in [3.63, 3.8) is 0 Å². The zero-order chi connectivity index (χ0) is 15.9. The molecule has 7 heteroatoms. The number of hydrogen-bond acceptors (Lipinski definition) is 4. The van der Waals surface area contributed by atoms with E-state index < -0.39 is 34.1 Å². The highest BCUT2D eigenvalue weighted by atomic mass is 16.6. The number of nitrogens with zero attached hydrogens (tertiary/aromatic N) is 1. The number of carbonyl (C=O) groups is 2. The highest BCUT2D eigenvalue weighted by Crippen LogP contribution is 2.58. The van der Waals surface area contributed by atoms with Crippen molar-refractivity contribution in [3.8, 4) is 0 Å². The first-order valence-electron chi connectivity index (χ1n) is 6.45. The van der Waals surface area contributed by atoms with Gasteiger partial charge in [-0.2, -0.15) is 0 Å². The summed E-state index contributed by atoms with van der Waals surface area (Å²) in [6.45, 7) is 5.04. The summed E-state index contributed by atoms with van der Waals surface area (Å²) in [7, 11) is 0. The van der Waals surface area contributed by atoms with E-state index in [-0.39, 0.29) is 5.69 Å². The molecule has 0 radical (unpaired) electrons. The second kappa shape index (κ2) is 4.83. The van der Waals surface area contributed by atoms with Crippen molar-refractivity contribution in [1.82, 2.24) is 0 Å². The lowest BCUT2D eigenvalue weighted by molar-refractivity contribution is -0.385. The minimum atomic E-state index is -1.00. The second-order valence-electron chi connectivity index (χ2n) is 5.86. The van der Waals surface area contributed by atoms with E-state index in [1.165, 1.54) is 6.07 Å². The van der Waals surface area contributed by atoms with Crippen LogP contribution in [0.2, 0.25) is 0 Å². The Morgan fingerprint density at radius 3 is 2.43 bits per heavy atom. The molecule has 1 amide bonds. The van der Waals surface area contributed by atoms with Gasteiger partial charge in [0.15, 0.2) is 0 Å². The molecule has 112 valence electrons. The Kier molecular flexibility index (Phi) is 3.44. The topological polar surface area (TPSA) is 110 Å². The Morgan fingerprint density at radius 2 is 1.95 bits per heavy atom. The number of aryl methyl sites for hydroxylation is 1. The smallest absolute Gasteiger partial charge is 0.307 e. The molecule has 2 N–H and O–H groups in total. The van der Waals surface area contributed by atoms with Crippen LogP contribution in [0, 0.1) is 34.3 Å². The normalized spacial score (nSPS) is 22.4. The number of nitro benzene ring substituents is 1. The fourth-order valence-corrected chi connectivity index (χ4v) is 2.69. The van der Waals surface area contributed by atoms with Crippen molar-refractivity contribution >= 4 is 23.3 Å². The molecule has 0 heterocycles. The maximum Gasteiger partial charge on any atom is 0.307 e. The summed E-state index contributed by atoms with van der Waals surface area (Å²) in [5.74, 6) is -2.78. The van der Waals surface area contributed by atoms with E-state index in [9.17, 15) is 19.7 Å². The van der Waals surface area contributed by atoms with Crippen LogP contribution >= 0.6 is 0 Å². The summed E-state index contributed by atoms with van der Waals surface area (Å²) in [6, 6.07) is 4.38. The molecule has 0 aliphatic heterocycles. The maximum atomic E-state index is 12.1. The number of benzene rings is 1. The molecule has 0 spiro atoms. The molecule has 0 aromatic heterocycles. The van der Waals surface area contributed by atoms with Crippen molar-refractivity contribution in [2.45, 2.75) is 20.8 Å². The molecule has 2 atom stereocenters. The van der Waals surface area contributed by atoms with Gasteiger partial charge in [0.05, 0.1) is 16.8 Å². The average molecular weight is 292 g/mol. The third-order valence-electron chi connectivity index (χ3n) is 4.05. The molecule has 1 aliphatic rings. The third kappa shape index (κ3) is 2.58. The van der Waals surface area contributed by atoms with E-state index in [1.807, 2.05) is 0 Å². The van der Waals surface area contributed by atoms with Gasteiger partial charge in [0.2, 0.25) is 5.91 Å². The zero-order valence-corrected chi connectivity index (χ0v) is 11.9. The Morgan fingerprint density at radius 1 is 1.33 bits per heavy atom.